The van der Waals surface area contributed by atoms with Crippen LogP contribution in [-0.4, -0.2) is 6.23 Å². The van der Waals surface area contributed by atoms with E-state index in [1.807, 2.05) is 0 Å². The molecule has 0 bridgehead atoms. The van der Waals surface area contributed by atoms with Crippen LogP contribution in [0.1, 0.15) is 37.7 Å². The first-order valence-electron chi connectivity index (χ1n) is 8.48. The van der Waals surface area contributed by atoms with Crippen molar-refractivity contribution in [2.45, 2.75) is 44.9 Å². The maximum absolute atomic E-state index is 6.36. The molecule has 0 aromatic heterocycles. The maximum Gasteiger partial charge on any atom is 0.175 e. The highest BCUT2D eigenvalue weighted by Crippen LogP contribution is 2.43. The van der Waals surface area contributed by atoms with Gasteiger partial charge in [-0.1, -0.05) is 61.7 Å². The summed E-state index contributed by atoms with van der Waals surface area (Å²) >= 11 is 0. The largest absolute Gasteiger partial charge is 0.468 e. The summed E-state index contributed by atoms with van der Waals surface area (Å²) in [4.78, 5) is 2.47. The molecule has 1 heterocycles. The van der Waals surface area contributed by atoms with Gasteiger partial charge in [0.1, 0.15) is 5.75 Å². The van der Waals surface area contributed by atoms with Gasteiger partial charge in [-0.2, -0.15) is 0 Å². The van der Waals surface area contributed by atoms with Gasteiger partial charge in [0, 0.05) is 12.5 Å². The Labute approximate surface area is 132 Å². The first-order chi connectivity index (χ1) is 10.9. The minimum absolute atomic E-state index is 0.206. The molecule has 2 aromatic rings. The molecular formula is C20H23NO. The smallest absolute Gasteiger partial charge is 0.175 e. The van der Waals surface area contributed by atoms with E-state index in [0.717, 1.165) is 12.3 Å². The summed E-state index contributed by atoms with van der Waals surface area (Å²) in [5, 5.41) is 0. The third-order valence-electron chi connectivity index (χ3n) is 4.98. The second-order valence-corrected chi connectivity index (χ2v) is 6.49. The number of fused-ring (bicyclic) bond motifs is 1. The van der Waals surface area contributed by atoms with E-state index in [1.54, 1.807) is 0 Å². The molecule has 0 saturated heterocycles. The van der Waals surface area contributed by atoms with Crippen molar-refractivity contribution in [3.8, 4) is 5.75 Å². The molecule has 1 unspecified atom stereocenters. The normalized spacial score (nSPS) is 21.5. The summed E-state index contributed by atoms with van der Waals surface area (Å²) < 4.78 is 6.36. The molecule has 0 N–H and O–H groups in total. The summed E-state index contributed by atoms with van der Waals surface area (Å²) in [6.07, 6.45) is 6.88. The van der Waals surface area contributed by atoms with Crippen LogP contribution in [0.3, 0.4) is 0 Å². The van der Waals surface area contributed by atoms with Gasteiger partial charge < -0.3 is 9.64 Å². The number of anilines is 1. The zero-order valence-electron chi connectivity index (χ0n) is 12.9. The van der Waals surface area contributed by atoms with E-state index in [1.165, 1.54) is 43.4 Å². The minimum atomic E-state index is 0.206. The molecule has 0 amide bonds. The Kier molecular flexibility index (Phi) is 3.75. The van der Waals surface area contributed by atoms with Crippen LogP contribution < -0.4 is 9.64 Å². The molecule has 0 radical (unpaired) electrons. The average molecular weight is 293 g/mol. The predicted octanol–water partition coefficient (Wildman–Crippen LogP) is 4.99. The van der Waals surface area contributed by atoms with Gasteiger partial charge in [-0.3, -0.25) is 0 Å². The number of para-hydroxylation sites is 2. The Balaban J connectivity index is 1.63. The molecule has 2 aromatic carbocycles. The van der Waals surface area contributed by atoms with Gasteiger partial charge in [0.2, 0.25) is 0 Å². The van der Waals surface area contributed by atoms with Crippen LogP contribution in [0.4, 0.5) is 5.69 Å². The molecule has 22 heavy (non-hydrogen) atoms. The molecule has 1 saturated carbocycles. The van der Waals surface area contributed by atoms with Crippen molar-refractivity contribution >= 4 is 5.69 Å². The Bertz CT molecular complexity index is 619. The van der Waals surface area contributed by atoms with Crippen molar-refractivity contribution in [3.63, 3.8) is 0 Å². The van der Waals surface area contributed by atoms with Gasteiger partial charge >= 0.3 is 0 Å². The Morgan fingerprint density at radius 3 is 2.41 bits per heavy atom. The SMILES string of the molecule is c1ccc(CN2c3ccccc3OC2C2CCCCC2)cc1. The van der Waals surface area contributed by atoms with Gasteiger partial charge in [0.25, 0.3) is 0 Å². The monoisotopic (exact) mass is 293 g/mol. The molecule has 1 atom stereocenters. The lowest BCUT2D eigenvalue weighted by Crippen LogP contribution is -2.41. The number of nitrogens with zero attached hydrogens (tertiary/aromatic N) is 1. The van der Waals surface area contributed by atoms with E-state index in [9.17, 15) is 0 Å². The molecule has 2 heteroatoms. The van der Waals surface area contributed by atoms with Gasteiger partial charge in [-0.15, -0.1) is 0 Å². The first kappa shape index (κ1) is 13.7. The molecule has 2 aliphatic rings. The van der Waals surface area contributed by atoms with Gasteiger partial charge in [0.05, 0.1) is 5.69 Å². The summed E-state index contributed by atoms with van der Waals surface area (Å²) in [5.41, 5.74) is 2.60. The Hall–Kier alpha value is -1.96. The Morgan fingerprint density at radius 2 is 1.59 bits per heavy atom. The van der Waals surface area contributed by atoms with Crippen LogP contribution in [0.5, 0.6) is 5.75 Å². The highest BCUT2D eigenvalue weighted by molar-refractivity contribution is 5.62. The fourth-order valence-corrected chi connectivity index (χ4v) is 3.85. The van der Waals surface area contributed by atoms with E-state index in [-0.39, 0.29) is 6.23 Å². The molecule has 1 fully saturated rings. The average Bonchev–Trinajstić information content (AvgIpc) is 2.95. The van der Waals surface area contributed by atoms with Crippen LogP contribution >= 0.6 is 0 Å². The van der Waals surface area contributed by atoms with E-state index < -0.39 is 0 Å². The molecule has 0 spiro atoms. The maximum atomic E-state index is 6.36. The molecular weight excluding hydrogens is 270 g/mol. The van der Waals surface area contributed by atoms with Crippen LogP contribution in [0, 0.1) is 5.92 Å². The molecule has 114 valence electrons. The second kappa shape index (κ2) is 6.04. The minimum Gasteiger partial charge on any atom is -0.468 e. The molecule has 4 rings (SSSR count). The topological polar surface area (TPSA) is 12.5 Å². The van der Waals surface area contributed by atoms with Crippen molar-refractivity contribution in [2.75, 3.05) is 4.90 Å². The van der Waals surface area contributed by atoms with Crippen molar-refractivity contribution in [1.82, 2.24) is 0 Å². The van der Waals surface area contributed by atoms with Crippen LogP contribution in [0.2, 0.25) is 0 Å². The van der Waals surface area contributed by atoms with E-state index in [0.29, 0.717) is 5.92 Å². The van der Waals surface area contributed by atoms with Crippen molar-refractivity contribution in [2.24, 2.45) is 5.92 Å². The van der Waals surface area contributed by atoms with Gasteiger partial charge in [0.15, 0.2) is 6.23 Å². The van der Waals surface area contributed by atoms with Crippen molar-refractivity contribution in [1.29, 1.82) is 0 Å². The summed E-state index contributed by atoms with van der Waals surface area (Å²) in [6, 6.07) is 19.2. The molecule has 1 aliphatic heterocycles. The summed E-state index contributed by atoms with van der Waals surface area (Å²) in [6.45, 7) is 0.930. The van der Waals surface area contributed by atoms with Crippen LogP contribution in [0.15, 0.2) is 54.6 Å². The number of ether oxygens (including phenoxy) is 1. The van der Waals surface area contributed by atoms with E-state index in [4.69, 9.17) is 4.74 Å². The highest BCUT2D eigenvalue weighted by atomic mass is 16.5. The van der Waals surface area contributed by atoms with Crippen LogP contribution in [-0.2, 0) is 6.54 Å². The lowest BCUT2D eigenvalue weighted by Gasteiger charge is -2.34. The number of rotatable bonds is 3. The third-order valence-corrected chi connectivity index (χ3v) is 4.98. The summed E-state index contributed by atoms with van der Waals surface area (Å²) in [7, 11) is 0. The quantitative estimate of drug-likeness (QED) is 0.790. The van der Waals surface area contributed by atoms with Crippen molar-refractivity contribution < 1.29 is 4.74 Å². The van der Waals surface area contributed by atoms with E-state index >= 15 is 0 Å². The molecule has 2 nitrogen and oxygen atoms in total. The summed E-state index contributed by atoms with van der Waals surface area (Å²) in [5.74, 6) is 1.71. The zero-order valence-corrected chi connectivity index (χ0v) is 12.9. The molecule has 1 aliphatic carbocycles. The van der Waals surface area contributed by atoms with Crippen molar-refractivity contribution in [3.05, 3.63) is 60.2 Å². The highest BCUT2D eigenvalue weighted by Gasteiger charge is 2.36. The Morgan fingerprint density at radius 1 is 0.864 bits per heavy atom. The third kappa shape index (κ3) is 2.58. The lowest BCUT2D eigenvalue weighted by molar-refractivity contribution is 0.121. The lowest BCUT2D eigenvalue weighted by atomic mass is 9.87. The number of hydrogen-bond donors (Lipinski definition) is 0. The van der Waals surface area contributed by atoms with E-state index in [2.05, 4.69) is 59.5 Å². The first-order valence-corrected chi connectivity index (χ1v) is 8.48. The number of benzene rings is 2. The number of hydrogen-bond acceptors (Lipinski definition) is 2. The van der Waals surface area contributed by atoms with Crippen LogP contribution in [0.25, 0.3) is 0 Å². The predicted molar refractivity (Wildman–Crippen MR) is 90.1 cm³/mol. The standard InChI is InChI=1S/C20H23NO/c1-3-9-16(10-4-1)15-21-18-13-7-8-14-19(18)22-20(21)17-11-5-2-6-12-17/h1,3-4,7-10,13-14,17,20H,2,5-6,11-12,15H2. The zero-order chi connectivity index (χ0) is 14.8. The second-order valence-electron chi connectivity index (χ2n) is 6.49. The van der Waals surface area contributed by atoms with Gasteiger partial charge in [-0.05, 0) is 30.5 Å². The fraction of sp³-hybridized carbons (Fsp3) is 0.400. The fourth-order valence-electron chi connectivity index (χ4n) is 3.85. The van der Waals surface area contributed by atoms with Gasteiger partial charge in [-0.25, -0.2) is 0 Å².